The fourth-order valence-electron chi connectivity index (χ4n) is 6.35. The summed E-state index contributed by atoms with van der Waals surface area (Å²) < 4.78 is 7.79. The molecule has 0 aliphatic rings. The molecule has 3 aromatic heterocycles. The van der Waals surface area contributed by atoms with Crippen molar-refractivity contribution in [3.63, 3.8) is 0 Å². The molecule has 0 radical (unpaired) electrons. The van der Waals surface area contributed by atoms with E-state index >= 15 is 0 Å². The Hall–Kier alpha value is -4.44. The van der Waals surface area contributed by atoms with Crippen molar-refractivity contribution in [2.45, 2.75) is 0 Å². The maximum absolute atomic E-state index is 2.46. The molecule has 39 heavy (non-hydrogen) atoms. The van der Waals surface area contributed by atoms with Crippen molar-refractivity contribution in [1.29, 1.82) is 0 Å². The Labute approximate surface area is 232 Å². The molecule has 0 unspecified atom stereocenters. The first-order chi connectivity index (χ1) is 19.3. The van der Waals surface area contributed by atoms with Crippen LogP contribution >= 0.6 is 22.7 Å². The number of nitrogens with zero attached hydrogens (tertiary/aromatic N) is 1. The first kappa shape index (κ1) is 21.5. The SMILES string of the molecule is c1ccc2c(c1)sc1ccc(-c3cccc4sc5cccc(-n6c7ccccc7c7ccccc76)c5c34)cc12. The molecular formula is C36H21NS2. The van der Waals surface area contributed by atoms with E-state index in [4.69, 9.17) is 0 Å². The van der Waals surface area contributed by atoms with E-state index in [0.29, 0.717) is 0 Å². The molecule has 0 amide bonds. The summed E-state index contributed by atoms with van der Waals surface area (Å²) in [4.78, 5) is 0. The molecule has 3 heteroatoms. The lowest BCUT2D eigenvalue weighted by Crippen LogP contribution is -1.94. The second-order valence-corrected chi connectivity index (χ2v) is 12.3. The van der Waals surface area contributed by atoms with E-state index in [1.807, 2.05) is 22.7 Å². The van der Waals surface area contributed by atoms with Gasteiger partial charge in [-0.2, -0.15) is 0 Å². The molecular weight excluding hydrogens is 511 g/mol. The summed E-state index contributed by atoms with van der Waals surface area (Å²) in [6, 6.07) is 46.9. The average molecular weight is 532 g/mol. The van der Waals surface area contributed by atoms with Crippen molar-refractivity contribution in [1.82, 2.24) is 4.57 Å². The van der Waals surface area contributed by atoms with E-state index in [9.17, 15) is 0 Å². The monoisotopic (exact) mass is 531 g/mol. The number of rotatable bonds is 2. The maximum atomic E-state index is 2.46. The maximum Gasteiger partial charge on any atom is 0.0555 e. The minimum Gasteiger partial charge on any atom is -0.309 e. The van der Waals surface area contributed by atoms with Crippen LogP contribution in [0.15, 0.2) is 127 Å². The zero-order valence-electron chi connectivity index (χ0n) is 20.9. The van der Waals surface area contributed by atoms with E-state index in [1.165, 1.54) is 79.0 Å². The number of hydrogen-bond acceptors (Lipinski definition) is 2. The topological polar surface area (TPSA) is 4.93 Å². The fraction of sp³-hybridized carbons (Fsp3) is 0. The lowest BCUT2D eigenvalue weighted by Gasteiger charge is -2.12. The van der Waals surface area contributed by atoms with Crippen LogP contribution in [0.1, 0.15) is 0 Å². The summed E-state index contributed by atoms with van der Waals surface area (Å²) in [5.74, 6) is 0. The average Bonchev–Trinajstić information content (AvgIpc) is 3.66. The van der Waals surface area contributed by atoms with Crippen molar-refractivity contribution in [2.24, 2.45) is 0 Å². The number of hydrogen-bond donors (Lipinski definition) is 0. The highest BCUT2D eigenvalue weighted by atomic mass is 32.1. The molecule has 0 aliphatic heterocycles. The summed E-state index contributed by atoms with van der Waals surface area (Å²) in [6.07, 6.45) is 0. The van der Waals surface area contributed by atoms with Gasteiger partial charge in [0.2, 0.25) is 0 Å². The molecule has 0 fully saturated rings. The smallest absolute Gasteiger partial charge is 0.0555 e. The first-order valence-electron chi connectivity index (χ1n) is 13.2. The van der Waals surface area contributed by atoms with Gasteiger partial charge in [-0.05, 0) is 59.7 Å². The standard InChI is InChI=1S/C36H21NS2/c1-4-13-28-24(9-1)25-10-2-5-14-29(25)37(28)30-15-8-18-34-36(30)35-23(12-7-17-33(35)39-34)22-19-20-32-27(21-22)26-11-3-6-16-31(26)38-32/h1-21H. The minimum atomic E-state index is 1.24. The van der Waals surface area contributed by atoms with Crippen molar-refractivity contribution >= 4 is 84.8 Å². The molecule has 0 N–H and O–H groups in total. The summed E-state index contributed by atoms with van der Waals surface area (Å²) in [5.41, 5.74) is 6.30. The Bertz CT molecular complexity index is 2350. The van der Waals surface area contributed by atoms with Gasteiger partial charge in [-0.1, -0.05) is 78.9 Å². The third-order valence-corrected chi connectivity index (χ3v) is 10.3. The van der Waals surface area contributed by atoms with Crippen LogP contribution in [0, 0.1) is 0 Å². The zero-order chi connectivity index (χ0) is 25.5. The van der Waals surface area contributed by atoms with Crippen molar-refractivity contribution in [2.75, 3.05) is 0 Å². The van der Waals surface area contributed by atoms with Crippen LogP contribution in [0.4, 0.5) is 0 Å². The van der Waals surface area contributed by atoms with E-state index in [1.54, 1.807) is 0 Å². The predicted octanol–water partition coefficient (Wildman–Crippen LogP) is 11.2. The van der Waals surface area contributed by atoms with Gasteiger partial charge in [0.05, 0.1) is 16.7 Å². The van der Waals surface area contributed by atoms with E-state index < -0.39 is 0 Å². The van der Waals surface area contributed by atoms with E-state index in [0.717, 1.165) is 0 Å². The van der Waals surface area contributed by atoms with Crippen molar-refractivity contribution < 1.29 is 0 Å². The van der Waals surface area contributed by atoms with Gasteiger partial charge in [-0.15, -0.1) is 22.7 Å². The van der Waals surface area contributed by atoms with Gasteiger partial charge >= 0.3 is 0 Å². The first-order valence-corrected chi connectivity index (χ1v) is 14.8. The van der Waals surface area contributed by atoms with Gasteiger partial charge in [0.25, 0.3) is 0 Å². The quantitative estimate of drug-likeness (QED) is 0.209. The van der Waals surface area contributed by atoms with Crippen LogP contribution in [0.5, 0.6) is 0 Å². The van der Waals surface area contributed by atoms with Crippen LogP contribution in [0.2, 0.25) is 0 Å². The Morgan fingerprint density at radius 3 is 1.79 bits per heavy atom. The van der Waals surface area contributed by atoms with Crippen LogP contribution < -0.4 is 0 Å². The Balaban J connectivity index is 1.40. The second kappa shape index (κ2) is 8.03. The van der Waals surface area contributed by atoms with Gasteiger partial charge in [0, 0.05) is 51.1 Å². The highest BCUT2D eigenvalue weighted by molar-refractivity contribution is 7.26. The molecule has 6 aromatic carbocycles. The van der Waals surface area contributed by atoms with Gasteiger partial charge in [-0.25, -0.2) is 0 Å². The molecule has 182 valence electrons. The predicted molar refractivity (Wildman–Crippen MR) is 172 cm³/mol. The lowest BCUT2D eigenvalue weighted by atomic mass is 9.97. The number of para-hydroxylation sites is 2. The normalized spacial score (nSPS) is 12.1. The number of benzene rings is 6. The van der Waals surface area contributed by atoms with Crippen molar-refractivity contribution in [3.05, 3.63) is 127 Å². The molecule has 0 saturated heterocycles. The highest BCUT2D eigenvalue weighted by Crippen LogP contribution is 2.45. The minimum absolute atomic E-state index is 1.24. The van der Waals surface area contributed by atoms with Crippen LogP contribution in [0.3, 0.4) is 0 Å². The molecule has 0 bridgehead atoms. The molecule has 0 atom stereocenters. The fourth-order valence-corrected chi connectivity index (χ4v) is 8.59. The molecule has 1 nitrogen and oxygen atoms in total. The largest absolute Gasteiger partial charge is 0.309 e. The lowest BCUT2D eigenvalue weighted by molar-refractivity contribution is 1.20. The Kier molecular flexibility index (Phi) is 4.43. The molecule has 9 rings (SSSR count). The van der Waals surface area contributed by atoms with Gasteiger partial charge < -0.3 is 4.57 Å². The van der Waals surface area contributed by atoms with Crippen molar-refractivity contribution in [3.8, 4) is 16.8 Å². The zero-order valence-corrected chi connectivity index (χ0v) is 22.5. The second-order valence-electron chi connectivity index (χ2n) is 10.1. The van der Waals surface area contributed by atoms with E-state index in [-0.39, 0.29) is 0 Å². The van der Waals surface area contributed by atoms with Gasteiger partial charge in [0.15, 0.2) is 0 Å². The molecule has 9 aromatic rings. The number of thiophene rings is 2. The molecule has 0 spiro atoms. The van der Waals surface area contributed by atoms with Crippen LogP contribution in [-0.2, 0) is 0 Å². The number of aromatic nitrogens is 1. The summed E-state index contributed by atoms with van der Waals surface area (Å²) in [6.45, 7) is 0. The molecule has 0 saturated carbocycles. The number of fused-ring (bicyclic) bond motifs is 9. The van der Waals surface area contributed by atoms with Crippen LogP contribution in [0.25, 0.3) is 79.0 Å². The summed E-state index contributed by atoms with van der Waals surface area (Å²) in [7, 11) is 0. The molecule has 3 heterocycles. The van der Waals surface area contributed by atoms with Gasteiger partial charge in [-0.3, -0.25) is 0 Å². The van der Waals surface area contributed by atoms with Crippen LogP contribution in [-0.4, -0.2) is 4.57 Å². The summed E-state index contributed by atoms with van der Waals surface area (Å²) in [5, 5.41) is 7.93. The third-order valence-electron chi connectivity index (χ3n) is 8.01. The third kappa shape index (κ3) is 3.00. The summed E-state index contributed by atoms with van der Waals surface area (Å²) >= 11 is 3.76. The Morgan fingerprint density at radius 2 is 1.00 bits per heavy atom. The highest BCUT2D eigenvalue weighted by Gasteiger charge is 2.19. The van der Waals surface area contributed by atoms with Gasteiger partial charge in [0.1, 0.15) is 0 Å². The van der Waals surface area contributed by atoms with E-state index in [2.05, 4.69) is 132 Å². The Morgan fingerprint density at radius 1 is 0.410 bits per heavy atom. The molecule has 0 aliphatic carbocycles.